The summed E-state index contributed by atoms with van der Waals surface area (Å²) in [6.07, 6.45) is 2.67. The molecule has 0 aliphatic carbocycles. The van der Waals surface area contributed by atoms with Gasteiger partial charge in [0.25, 0.3) is 5.91 Å². The van der Waals surface area contributed by atoms with Crippen LogP contribution in [0.3, 0.4) is 0 Å². The lowest BCUT2D eigenvalue weighted by atomic mass is 9.88. The van der Waals surface area contributed by atoms with Crippen LogP contribution in [0.5, 0.6) is 0 Å². The predicted octanol–water partition coefficient (Wildman–Crippen LogP) is 0.201. The zero-order valence-electron chi connectivity index (χ0n) is 12.6. The van der Waals surface area contributed by atoms with Crippen molar-refractivity contribution in [3.63, 3.8) is 0 Å². The fourth-order valence-electron chi connectivity index (χ4n) is 1.95. The largest absolute Gasteiger partial charge is 0.396 e. The maximum Gasteiger partial charge on any atom is 0.265 e. The van der Waals surface area contributed by atoms with Gasteiger partial charge in [-0.1, -0.05) is 13.8 Å². The van der Waals surface area contributed by atoms with Gasteiger partial charge in [0.2, 0.25) is 10.0 Å². The Morgan fingerprint density at radius 3 is 2.57 bits per heavy atom. The third kappa shape index (κ3) is 4.83. The van der Waals surface area contributed by atoms with E-state index in [0.29, 0.717) is 12.8 Å². The molecule has 0 spiro atoms. The van der Waals surface area contributed by atoms with Crippen molar-refractivity contribution in [2.24, 2.45) is 18.2 Å². The van der Waals surface area contributed by atoms with Gasteiger partial charge in [0, 0.05) is 26.4 Å². The summed E-state index contributed by atoms with van der Waals surface area (Å²) in [5, 5.41) is 8.84. The monoisotopic (exact) mass is 317 g/mol. The van der Waals surface area contributed by atoms with E-state index in [4.69, 9.17) is 10.8 Å². The van der Waals surface area contributed by atoms with Crippen LogP contribution in [-0.2, 0) is 17.1 Å². The lowest BCUT2D eigenvalue weighted by Gasteiger charge is -2.24. The Hall–Kier alpha value is -1.38. The predicted molar refractivity (Wildman–Crippen MR) is 79.2 cm³/mol. The van der Waals surface area contributed by atoms with Crippen LogP contribution in [0, 0.1) is 5.41 Å². The Labute approximate surface area is 125 Å². The Balaban J connectivity index is 2.83. The number of rotatable bonds is 8. The number of primary amides is 1. The van der Waals surface area contributed by atoms with E-state index in [1.807, 2.05) is 13.8 Å². The molecule has 0 atom stereocenters. The number of carbonyl (C=O) groups excluding carboxylic acids is 1. The van der Waals surface area contributed by atoms with Gasteiger partial charge >= 0.3 is 0 Å². The fourth-order valence-corrected chi connectivity index (χ4v) is 3.26. The van der Waals surface area contributed by atoms with E-state index in [-0.39, 0.29) is 29.2 Å². The first-order valence-electron chi connectivity index (χ1n) is 6.66. The molecule has 0 aliphatic heterocycles. The van der Waals surface area contributed by atoms with Crippen LogP contribution in [0.25, 0.3) is 0 Å². The SMILES string of the molecule is Cn1cc(S(=O)(=O)NCC(C)(C)CCCO)cc1C(N)=O. The highest BCUT2D eigenvalue weighted by Gasteiger charge is 2.24. The molecular weight excluding hydrogens is 294 g/mol. The van der Waals surface area contributed by atoms with Crippen molar-refractivity contribution >= 4 is 15.9 Å². The number of aromatic nitrogens is 1. The van der Waals surface area contributed by atoms with E-state index in [2.05, 4.69) is 4.72 Å². The van der Waals surface area contributed by atoms with Gasteiger partial charge in [-0.3, -0.25) is 4.79 Å². The highest BCUT2D eigenvalue weighted by atomic mass is 32.2. The van der Waals surface area contributed by atoms with E-state index in [1.54, 1.807) is 7.05 Å². The van der Waals surface area contributed by atoms with Gasteiger partial charge < -0.3 is 15.4 Å². The van der Waals surface area contributed by atoms with Gasteiger partial charge in [0.15, 0.2) is 0 Å². The Morgan fingerprint density at radius 1 is 1.48 bits per heavy atom. The quantitative estimate of drug-likeness (QED) is 0.635. The molecule has 0 aliphatic rings. The molecule has 1 rings (SSSR count). The molecule has 0 saturated carbocycles. The van der Waals surface area contributed by atoms with Crippen LogP contribution in [0.2, 0.25) is 0 Å². The van der Waals surface area contributed by atoms with E-state index in [0.717, 1.165) is 0 Å². The summed E-state index contributed by atoms with van der Waals surface area (Å²) >= 11 is 0. The Bertz CT molecular complexity index is 605. The summed E-state index contributed by atoms with van der Waals surface area (Å²) in [4.78, 5) is 11.2. The van der Waals surface area contributed by atoms with Gasteiger partial charge in [-0.25, -0.2) is 13.1 Å². The number of nitrogens with zero attached hydrogens (tertiary/aromatic N) is 1. The molecule has 21 heavy (non-hydrogen) atoms. The van der Waals surface area contributed by atoms with Crippen LogP contribution in [0.4, 0.5) is 0 Å². The maximum atomic E-state index is 12.2. The van der Waals surface area contributed by atoms with Crippen molar-refractivity contribution in [1.82, 2.24) is 9.29 Å². The number of amides is 1. The van der Waals surface area contributed by atoms with Crippen molar-refractivity contribution < 1.29 is 18.3 Å². The minimum Gasteiger partial charge on any atom is -0.396 e. The van der Waals surface area contributed by atoms with E-state index >= 15 is 0 Å². The van der Waals surface area contributed by atoms with Gasteiger partial charge in [0.05, 0.1) is 0 Å². The minimum atomic E-state index is -3.69. The fraction of sp³-hybridized carbons (Fsp3) is 0.615. The number of nitrogens with one attached hydrogen (secondary N) is 1. The summed E-state index contributed by atoms with van der Waals surface area (Å²) in [5.74, 6) is -0.678. The summed E-state index contributed by atoms with van der Waals surface area (Å²) < 4.78 is 28.3. The average molecular weight is 317 g/mol. The molecule has 0 bridgehead atoms. The standard InChI is InChI=1S/C13H23N3O4S/c1-13(2,5-4-6-17)9-15-21(19,20)10-7-11(12(14)18)16(3)8-10/h7-8,15,17H,4-6,9H2,1-3H3,(H2,14,18). The van der Waals surface area contributed by atoms with Crippen LogP contribution in [0.1, 0.15) is 37.2 Å². The molecular formula is C13H23N3O4S. The summed E-state index contributed by atoms with van der Waals surface area (Å²) in [6.45, 7) is 4.17. The van der Waals surface area contributed by atoms with Gasteiger partial charge in [-0.05, 0) is 24.3 Å². The highest BCUT2D eigenvalue weighted by molar-refractivity contribution is 7.89. The molecule has 0 radical (unpaired) electrons. The third-order valence-electron chi connectivity index (χ3n) is 3.30. The Morgan fingerprint density at radius 2 is 2.10 bits per heavy atom. The van der Waals surface area contributed by atoms with Crippen molar-refractivity contribution in [1.29, 1.82) is 0 Å². The molecule has 0 fully saturated rings. The van der Waals surface area contributed by atoms with Crippen molar-refractivity contribution in [2.45, 2.75) is 31.6 Å². The number of carbonyl (C=O) groups is 1. The van der Waals surface area contributed by atoms with Gasteiger partial charge in [0.1, 0.15) is 10.6 Å². The Kier molecular flexibility index (Phi) is 5.54. The molecule has 0 aromatic carbocycles. The molecule has 8 heteroatoms. The third-order valence-corrected chi connectivity index (χ3v) is 4.66. The molecule has 1 aromatic rings. The van der Waals surface area contributed by atoms with Gasteiger partial charge in [-0.15, -0.1) is 0 Å². The lowest BCUT2D eigenvalue weighted by molar-refractivity contribution is 0.0992. The number of hydrogen-bond acceptors (Lipinski definition) is 4. The first-order valence-corrected chi connectivity index (χ1v) is 8.14. The first-order chi connectivity index (χ1) is 9.59. The van der Waals surface area contributed by atoms with E-state index in [9.17, 15) is 13.2 Å². The number of aliphatic hydroxyl groups excluding tert-OH is 1. The highest BCUT2D eigenvalue weighted by Crippen LogP contribution is 2.22. The first kappa shape index (κ1) is 17.7. The normalized spacial score (nSPS) is 12.6. The second-order valence-corrected chi connectivity index (χ2v) is 7.62. The zero-order chi connectivity index (χ0) is 16.3. The van der Waals surface area contributed by atoms with Crippen LogP contribution in [-0.4, -0.2) is 37.2 Å². The van der Waals surface area contributed by atoms with E-state index in [1.165, 1.54) is 16.8 Å². The number of aliphatic hydroxyl groups is 1. The summed E-state index contributed by atoms with van der Waals surface area (Å²) in [5.41, 5.74) is 5.04. The second-order valence-electron chi connectivity index (χ2n) is 5.85. The molecule has 120 valence electrons. The average Bonchev–Trinajstić information content (AvgIpc) is 2.77. The molecule has 1 heterocycles. The van der Waals surface area contributed by atoms with Crippen molar-refractivity contribution in [3.8, 4) is 0 Å². The van der Waals surface area contributed by atoms with Gasteiger partial charge in [-0.2, -0.15) is 0 Å². The number of sulfonamides is 1. The van der Waals surface area contributed by atoms with Crippen molar-refractivity contribution in [3.05, 3.63) is 18.0 Å². The molecule has 1 amide bonds. The topological polar surface area (TPSA) is 114 Å². The summed E-state index contributed by atoms with van der Waals surface area (Å²) in [6, 6.07) is 1.26. The maximum absolute atomic E-state index is 12.2. The smallest absolute Gasteiger partial charge is 0.265 e. The minimum absolute atomic E-state index is 0.0109. The number of aryl methyl sites for hydroxylation is 1. The number of hydrogen-bond donors (Lipinski definition) is 3. The van der Waals surface area contributed by atoms with Crippen LogP contribution < -0.4 is 10.5 Å². The molecule has 0 saturated heterocycles. The van der Waals surface area contributed by atoms with E-state index < -0.39 is 15.9 Å². The number of nitrogens with two attached hydrogens (primary N) is 1. The summed E-state index contributed by atoms with van der Waals surface area (Å²) in [7, 11) is -2.13. The molecule has 0 unspecified atom stereocenters. The van der Waals surface area contributed by atoms with Crippen LogP contribution in [0.15, 0.2) is 17.2 Å². The molecule has 4 N–H and O–H groups in total. The van der Waals surface area contributed by atoms with Crippen LogP contribution >= 0.6 is 0 Å². The zero-order valence-corrected chi connectivity index (χ0v) is 13.4. The lowest BCUT2D eigenvalue weighted by Crippen LogP contribution is -2.34. The second kappa shape index (κ2) is 6.59. The molecule has 1 aromatic heterocycles. The molecule has 7 nitrogen and oxygen atoms in total. The van der Waals surface area contributed by atoms with Crippen molar-refractivity contribution in [2.75, 3.05) is 13.2 Å².